The van der Waals surface area contributed by atoms with Crippen molar-refractivity contribution >= 4 is 15.9 Å². The average Bonchev–Trinajstić information content (AvgIpc) is 2.35. The summed E-state index contributed by atoms with van der Waals surface area (Å²) in [4.78, 5) is 11.7. The zero-order valence-corrected chi connectivity index (χ0v) is 12.7. The largest absolute Gasteiger partial charge is 0.356 e. The Morgan fingerprint density at radius 3 is 2.35 bits per heavy atom. The van der Waals surface area contributed by atoms with E-state index in [2.05, 4.69) is 19.2 Å². The Morgan fingerprint density at radius 1 is 1.25 bits per heavy atom. The molecule has 0 bridgehead atoms. The van der Waals surface area contributed by atoms with Gasteiger partial charge in [-0.1, -0.05) is 26.0 Å². The number of rotatable bonds is 7. The molecule has 0 heterocycles. The number of hydrogen-bond acceptors (Lipinski definition) is 3. The Hall–Kier alpha value is -1.40. The number of amides is 1. The second kappa shape index (κ2) is 7.40. The fourth-order valence-corrected chi connectivity index (χ4v) is 2.21. The van der Waals surface area contributed by atoms with Crippen molar-refractivity contribution in [1.82, 2.24) is 5.32 Å². The minimum Gasteiger partial charge on any atom is -0.356 e. The molecule has 0 atom stereocenters. The SMILES string of the molecule is CC(C)CCNC(=O)CCc1ccc(S(N)(=O)=O)cc1. The fourth-order valence-electron chi connectivity index (χ4n) is 1.69. The molecule has 0 aliphatic carbocycles. The average molecular weight is 298 g/mol. The van der Waals surface area contributed by atoms with Gasteiger partial charge in [0.2, 0.25) is 15.9 Å². The molecule has 1 rings (SSSR count). The van der Waals surface area contributed by atoms with Crippen LogP contribution in [0, 0.1) is 5.92 Å². The quantitative estimate of drug-likeness (QED) is 0.798. The number of carbonyl (C=O) groups is 1. The van der Waals surface area contributed by atoms with Crippen molar-refractivity contribution < 1.29 is 13.2 Å². The van der Waals surface area contributed by atoms with Crippen LogP contribution in [-0.2, 0) is 21.2 Å². The smallest absolute Gasteiger partial charge is 0.238 e. The lowest BCUT2D eigenvalue weighted by molar-refractivity contribution is -0.121. The van der Waals surface area contributed by atoms with Gasteiger partial charge in [0, 0.05) is 13.0 Å². The van der Waals surface area contributed by atoms with Crippen molar-refractivity contribution in [2.75, 3.05) is 6.54 Å². The van der Waals surface area contributed by atoms with Crippen molar-refractivity contribution in [3.05, 3.63) is 29.8 Å². The molecule has 1 amide bonds. The van der Waals surface area contributed by atoms with Crippen LogP contribution < -0.4 is 10.5 Å². The Labute approximate surface area is 120 Å². The van der Waals surface area contributed by atoms with Gasteiger partial charge in [0.25, 0.3) is 0 Å². The van der Waals surface area contributed by atoms with Crippen molar-refractivity contribution in [2.24, 2.45) is 11.1 Å². The molecule has 112 valence electrons. The molecule has 6 heteroatoms. The van der Waals surface area contributed by atoms with E-state index in [-0.39, 0.29) is 10.8 Å². The van der Waals surface area contributed by atoms with Crippen molar-refractivity contribution in [3.8, 4) is 0 Å². The first-order chi connectivity index (χ1) is 9.29. The van der Waals surface area contributed by atoms with Gasteiger partial charge < -0.3 is 5.32 Å². The van der Waals surface area contributed by atoms with E-state index in [1.807, 2.05) is 0 Å². The second-order valence-electron chi connectivity index (χ2n) is 5.22. The lowest BCUT2D eigenvalue weighted by atomic mass is 10.1. The number of hydrogen-bond donors (Lipinski definition) is 2. The highest BCUT2D eigenvalue weighted by Gasteiger charge is 2.07. The van der Waals surface area contributed by atoms with E-state index < -0.39 is 10.0 Å². The van der Waals surface area contributed by atoms with E-state index in [4.69, 9.17) is 5.14 Å². The summed E-state index contributed by atoms with van der Waals surface area (Å²) >= 11 is 0. The summed E-state index contributed by atoms with van der Waals surface area (Å²) in [6.07, 6.45) is 1.94. The van der Waals surface area contributed by atoms with Crippen LogP contribution >= 0.6 is 0 Å². The number of primary sulfonamides is 1. The van der Waals surface area contributed by atoms with Crippen LogP contribution in [0.1, 0.15) is 32.3 Å². The minimum absolute atomic E-state index is 0.0150. The first-order valence-electron chi connectivity index (χ1n) is 6.67. The van der Waals surface area contributed by atoms with Gasteiger partial charge >= 0.3 is 0 Å². The third-order valence-electron chi connectivity index (χ3n) is 2.94. The number of nitrogens with one attached hydrogen (secondary N) is 1. The fraction of sp³-hybridized carbons (Fsp3) is 0.500. The maximum atomic E-state index is 11.6. The van der Waals surface area contributed by atoms with Gasteiger partial charge in [0.15, 0.2) is 0 Å². The first-order valence-corrected chi connectivity index (χ1v) is 8.22. The molecule has 0 fully saturated rings. The van der Waals surface area contributed by atoms with Crippen LogP contribution in [0.15, 0.2) is 29.2 Å². The van der Waals surface area contributed by atoms with Crippen LogP contribution in [0.5, 0.6) is 0 Å². The third kappa shape index (κ3) is 6.16. The van der Waals surface area contributed by atoms with E-state index in [0.29, 0.717) is 25.3 Å². The Balaban J connectivity index is 2.40. The summed E-state index contributed by atoms with van der Waals surface area (Å²) in [5.74, 6) is 0.585. The number of benzene rings is 1. The molecule has 0 aromatic heterocycles. The van der Waals surface area contributed by atoms with Gasteiger partial charge in [-0.2, -0.15) is 0 Å². The second-order valence-corrected chi connectivity index (χ2v) is 6.78. The standard InChI is InChI=1S/C14H22N2O3S/c1-11(2)9-10-16-14(17)8-5-12-3-6-13(7-4-12)20(15,18)19/h3-4,6-7,11H,5,8-10H2,1-2H3,(H,16,17)(H2,15,18,19). The molecule has 0 unspecified atom stereocenters. The van der Waals surface area contributed by atoms with Crippen molar-refractivity contribution in [1.29, 1.82) is 0 Å². The van der Waals surface area contributed by atoms with E-state index >= 15 is 0 Å². The van der Waals surface area contributed by atoms with Gasteiger partial charge in [-0.3, -0.25) is 4.79 Å². The molecular weight excluding hydrogens is 276 g/mol. The predicted molar refractivity (Wildman–Crippen MR) is 78.6 cm³/mol. The molecule has 3 N–H and O–H groups in total. The van der Waals surface area contributed by atoms with Gasteiger partial charge in [-0.15, -0.1) is 0 Å². The molecule has 0 saturated heterocycles. The molecule has 0 radical (unpaired) electrons. The summed E-state index contributed by atoms with van der Waals surface area (Å²) in [7, 11) is -3.65. The highest BCUT2D eigenvalue weighted by atomic mass is 32.2. The van der Waals surface area contributed by atoms with Crippen LogP contribution in [-0.4, -0.2) is 20.9 Å². The molecule has 1 aromatic rings. The Morgan fingerprint density at radius 2 is 1.85 bits per heavy atom. The van der Waals surface area contributed by atoms with Crippen LogP contribution in [0.3, 0.4) is 0 Å². The maximum absolute atomic E-state index is 11.6. The topological polar surface area (TPSA) is 89.3 Å². The van der Waals surface area contributed by atoms with Crippen molar-refractivity contribution in [3.63, 3.8) is 0 Å². The summed E-state index contributed by atoms with van der Waals surface area (Å²) in [6.45, 7) is 4.92. The Bertz CT molecular complexity index is 536. The van der Waals surface area contributed by atoms with Gasteiger partial charge in [-0.25, -0.2) is 13.6 Å². The molecule has 0 spiro atoms. The van der Waals surface area contributed by atoms with Gasteiger partial charge in [-0.05, 0) is 36.5 Å². The summed E-state index contributed by atoms with van der Waals surface area (Å²) in [5, 5.41) is 7.88. The lowest BCUT2D eigenvalue weighted by Crippen LogP contribution is -2.25. The summed E-state index contributed by atoms with van der Waals surface area (Å²) < 4.78 is 22.2. The van der Waals surface area contributed by atoms with Gasteiger partial charge in [0.1, 0.15) is 0 Å². The lowest BCUT2D eigenvalue weighted by Gasteiger charge is -2.07. The molecule has 5 nitrogen and oxygen atoms in total. The number of carbonyl (C=O) groups excluding carboxylic acids is 1. The van der Waals surface area contributed by atoms with E-state index in [1.165, 1.54) is 12.1 Å². The van der Waals surface area contributed by atoms with Gasteiger partial charge in [0.05, 0.1) is 4.90 Å². The van der Waals surface area contributed by atoms with Crippen LogP contribution in [0.25, 0.3) is 0 Å². The minimum atomic E-state index is -3.65. The van der Waals surface area contributed by atoms with E-state index in [1.54, 1.807) is 12.1 Å². The predicted octanol–water partition coefficient (Wildman–Crippen LogP) is 1.43. The zero-order chi connectivity index (χ0) is 15.2. The summed E-state index contributed by atoms with van der Waals surface area (Å²) in [6, 6.07) is 6.28. The van der Waals surface area contributed by atoms with E-state index in [9.17, 15) is 13.2 Å². The van der Waals surface area contributed by atoms with Crippen LogP contribution in [0.2, 0.25) is 0 Å². The third-order valence-corrected chi connectivity index (χ3v) is 3.87. The number of nitrogens with two attached hydrogens (primary N) is 1. The summed E-state index contributed by atoms with van der Waals surface area (Å²) in [5.41, 5.74) is 0.913. The molecule has 1 aromatic carbocycles. The molecule has 0 aliphatic heterocycles. The van der Waals surface area contributed by atoms with Crippen LogP contribution in [0.4, 0.5) is 0 Å². The Kier molecular flexibility index (Phi) is 6.16. The molecular formula is C14H22N2O3S. The molecule has 20 heavy (non-hydrogen) atoms. The number of sulfonamides is 1. The monoisotopic (exact) mass is 298 g/mol. The number of aryl methyl sites for hydroxylation is 1. The normalized spacial score (nSPS) is 11.6. The zero-order valence-electron chi connectivity index (χ0n) is 11.9. The maximum Gasteiger partial charge on any atom is 0.238 e. The first kappa shape index (κ1) is 16.7. The highest BCUT2D eigenvalue weighted by molar-refractivity contribution is 7.89. The molecule has 0 saturated carbocycles. The molecule has 0 aliphatic rings. The highest BCUT2D eigenvalue weighted by Crippen LogP contribution is 2.10. The van der Waals surface area contributed by atoms with Crippen molar-refractivity contribution in [2.45, 2.75) is 38.0 Å². The van der Waals surface area contributed by atoms with E-state index in [0.717, 1.165) is 12.0 Å².